The van der Waals surface area contributed by atoms with Crippen LogP contribution in [0.5, 0.6) is 0 Å². The Morgan fingerprint density at radius 2 is 1.69 bits per heavy atom. The Morgan fingerprint density at radius 3 is 2.46 bits per heavy atom. The van der Waals surface area contributed by atoms with Crippen LogP contribution in [0.3, 0.4) is 0 Å². The molecule has 5 nitrogen and oxygen atoms in total. The van der Waals surface area contributed by atoms with Gasteiger partial charge in [0.2, 0.25) is 0 Å². The van der Waals surface area contributed by atoms with Crippen LogP contribution in [0.1, 0.15) is 23.0 Å². The first-order valence-electron chi connectivity index (χ1n) is 8.40. The maximum absolute atomic E-state index is 12.5. The zero-order valence-corrected chi connectivity index (χ0v) is 14.8. The van der Waals surface area contributed by atoms with E-state index in [1.54, 1.807) is 24.9 Å². The summed E-state index contributed by atoms with van der Waals surface area (Å²) in [5, 5.41) is 0.941. The minimum absolute atomic E-state index is 0.189. The largest absolute Gasteiger partial charge is 0.448 e. The third-order valence-electron chi connectivity index (χ3n) is 4.08. The Bertz CT molecular complexity index is 925. The first kappa shape index (κ1) is 17.6. The van der Waals surface area contributed by atoms with Gasteiger partial charge >= 0.3 is 5.97 Å². The molecule has 0 N–H and O–H groups in total. The SMILES string of the molecule is C[C@H](OC(=O)c1ccc2ccccc2n1)C(=O)N(C)Cc1ccccc1. The monoisotopic (exact) mass is 348 g/mol. The van der Waals surface area contributed by atoms with E-state index in [2.05, 4.69) is 4.98 Å². The summed E-state index contributed by atoms with van der Waals surface area (Å²) >= 11 is 0. The molecule has 1 aromatic heterocycles. The summed E-state index contributed by atoms with van der Waals surface area (Å²) in [6.45, 7) is 2.03. The van der Waals surface area contributed by atoms with E-state index in [4.69, 9.17) is 4.74 Å². The van der Waals surface area contributed by atoms with Gasteiger partial charge in [-0.3, -0.25) is 4.79 Å². The topological polar surface area (TPSA) is 59.5 Å². The number of likely N-dealkylation sites (N-methyl/N-ethyl adjacent to an activating group) is 1. The fourth-order valence-corrected chi connectivity index (χ4v) is 2.70. The van der Waals surface area contributed by atoms with Crippen molar-refractivity contribution in [2.24, 2.45) is 0 Å². The second-order valence-electron chi connectivity index (χ2n) is 6.12. The summed E-state index contributed by atoms with van der Waals surface area (Å²) in [6.07, 6.45) is -0.885. The smallest absolute Gasteiger partial charge is 0.357 e. The van der Waals surface area contributed by atoms with Gasteiger partial charge < -0.3 is 9.64 Å². The predicted octanol–water partition coefficient (Wildman–Crippen LogP) is 3.44. The Balaban J connectivity index is 1.64. The fraction of sp³-hybridized carbons (Fsp3) is 0.190. The first-order chi connectivity index (χ1) is 12.5. The second-order valence-corrected chi connectivity index (χ2v) is 6.12. The Hall–Kier alpha value is -3.21. The van der Waals surface area contributed by atoms with Crippen molar-refractivity contribution in [2.45, 2.75) is 19.6 Å². The molecule has 0 fully saturated rings. The number of carbonyl (C=O) groups is 2. The zero-order valence-electron chi connectivity index (χ0n) is 14.8. The molecule has 132 valence electrons. The zero-order chi connectivity index (χ0) is 18.5. The Morgan fingerprint density at radius 1 is 1.00 bits per heavy atom. The Labute approximate surface area is 152 Å². The van der Waals surface area contributed by atoms with Gasteiger partial charge in [-0.1, -0.05) is 54.6 Å². The molecule has 5 heteroatoms. The number of carbonyl (C=O) groups excluding carboxylic acids is 2. The molecule has 3 aromatic rings. The molecule has 0 radical (unpaired) electrons. The highest BCUT2D eigenvalue weighted by atomic mass is 16.5. The molecule has 0 aliphatic carbocycles. The first-order valence-corrected chi connectivity index (χ1v) is 8.40. The number of hydrogen-bond acceptors (Lipinski definition) is 4. The molecule has 0 spiro atoms. The highest BCUT2D eigenvalue weighted by molar-refractivity contribution is 5.93. The highest BCUT2D eigenvalue weighted by Crippen LogP contribution is 2.13. The van der Waals surface area contributed by atoms with E-state index in [9.17, 15) is 9.59 Å². The Kier molecular flexibility index (Phi) is 5.27. The van der Waals surface area contributed by atoms with Gasteiger partial charge in [0.05, 0.1) is 5.52 Å². The molecule has 3 rings (SSSR count). The van der Waals surface area contributed by atoms with E-state index in [-0.39, 0.29) is 11.6 Å². The molecule has 1 atom stereocenters. The molecular weight excluding hydrogens is 328 g/mol. The summed E-state index contributed by atoms with van der Waals surface area (Å²) in [6, 6.07) is 20.6. The van der Waals surface area contributed by atoms with E-state index in [1.807, 2.05) is 60.7 Å². The standard InChI is InChI=1S/C21H20N2O3/c1-15(20(24)23(2)14-16-8-4-3-5-9-16)26-21(25)19-13-12-17-10-6-7-11-18(17)22-19/h3-13,15H,14H2,1-2H3/t15-/m0/s1. The van der Waals surface area contributed by atoms with Crippen molar-refractivity contribution in [3.63, 3.8) is 0 Å². The normalized spacial score (nSPS) is 11.8. The molecule has 2 aromatic carbocycles. The molecular formula is C21H20N2O3. The minimum Gasteiger partial charge on any atom is -0.448 e. The van der Waals surface area contributed by atoms with Gasteiger partial charge in [0.25, 0.3) is 5.91 Å². The van der Waals surface area contributed by atoms with E-state index in [1.165, 1.54) is 0 Å². The van der Waals surface area contributed by atoms with Crippen LogP contribution >= 0.6 is 0 Å². The molecule has 0 bridgehead atoms. The van der Waals surface area contributed by atoms with Crippen LogP contribution < -0.4 is 0 Å². The number of esters is 1. The van der Waals surface area contributed by atoms with Gasteiger partial charge in [-0.2, -0.15) is 0 Å². The molecule has 0 saturated carbocycles. The molecule has 0 aliphatic rings. The van der Waals surface area contributed by atoms with Crippen LogP contribution in [-0.4, -0.2) is 34.9 Å². The summed E-state index contributed by atoms with van der Waals surface area (Å²) in [7, 11) is 1.69. The van der Waals surface area contributed by atoms with E-state index in [0.29, 0.717) is 12.1 Å². The van der Waals surface area contributed by atoms with Crippen LogP contribution in [0.15, 0.2) is 66.7 Å². The number of pyridine rings is 1. The van der Waals surface area contributed by atoms with Crippen molar-refractivity contribution in [2.75, 3.05) is 7.05 Å². The van der Waals surface area contributed by atoms with E-state index in [0.717, 1.165) is 10.9 Å². The minimum atomic E-state index is -0.885. The molecule has 0 saturated heterocycles. The number of nitrogens with zero attached hydrogens (tertiary/aromatic N) is 2. The van der Waals surface area contributed by atoms with Gasteiger partial charge in [0, 0.05) is 19.0 Å². The van der Waals surface area contributed by atoms with Crippen molar-refractivity contribution >= 4 is 22.8 Å². The van der Waals surface area contributed by atoms with Crippen LogP contribution in [0, 0.1) is 0 Å². The molecule has 26 heavy (non-hydrogen) atoms. The second kappa shape index (κ2) is 7.78. The summed E-state index contributed by atoms with van der Waals surface area (Å²) in [4.78, 5) is 30.6. The lowest BCUT2D eigenvalue weighted by Crippen LogP contribution is -2.37. The van der Waals surface area contributed by atoms with Crippen LogP contribution in [0.2, 0.25) is 0 Å². The lowest BCUT2D eigenvalue weighted by atomic mass is 10.2. The fourth-order valence-electron chi connectivity index (χ4n) is 2.70. The van der Waals surface area contributed by atoms with Gasteiger partial charge in [-0.15, -0.1) is 0 Å². The highest BCUT2D eigenvalue weighted by Gasteiger charge is 2.23. The molecule has 0 unspecified atom stereocenters. The summed E-state index contributed by atoms with van der Waals surface area (Å²) < 4.78 is 5.31. The third kappa shape index (κ3) is 4.06. The molecule has 1 heterocycles. The van der Waals surface area contributed by atoms with Crippen molar-refractivity contribution in [3.05, 3.63) is 78.0 Å². The number of fused-ring (bicyclic) bond motifs is 1. The maximum atomic E-state index is 12.5. The summed E-state index contributed by atoms with van der Waals surface area (Å²) in [5.41, 5.74) is 1.91. The number of ether oxygens (including phenoxy) is 1. The average Bonchev–Trinajstić information content (AvgIpc) is 2.67. The third-order valence-corrected chi connectivity index (χ3v) is 4.08. The van der Waals surface area contributed by atoms with E-state index >= 15 is 0 Å². The van der Waals surface area contributed by atoms with Gasteiger partial charge in [-0.25, -0.2) is 9.78 Å². The number of amides is 1. The molecule has 0 aliphatic heterocycles. The van der Waals surface area contributed by atoms with Crippen LogP contribution in [0.4, 0.5) is 0 Å². The number of hydrogen-bond donors (Lipinski definition) is 0. The number of rotatable bonds is 5. The van der Waals surface area contributed by atoms with Crippen LogP contribution in [0.25, 0.3) is 10.9 Å². The quantitative estimate of drug-likeness (QED) is 0.663. The number of aromatic nitrogens is 1. The number of para-hydroxylation sites is 1. The summed E-state index contributed by atoms with van der Waals surface area (Å²) in [5.74, 6) is -0.868. The number of benzene rings is 2. The van der Waals surface area contributed by atoms with Gasteiger partial charge in [0.1, 0.15) is 5.69 Å². The van der Waals surface area contributed by atoms with Crippen molar-refractivity contribution < 1.29 is 14.3 Å². The van der Waals surface area contributed by atoms with Crippen LogP contribution in [-0.2, 0) is 16.1 Å². The van der Waals surface area contributed by atoms with Gasteiger partial charge in [-0.05, 0) is 24.6 Å². The lowest BCUT2D eigenvalue weighted by Gasteiger charge is -2.21. The lowest BCUT2D eigenvalue weighted by molar-refractivity contribution is -0.139. The predicted molar refractivity (Wildman–Crippen MR) is 99.5 cm³/mol. The average molecular weight is 348 g/mol. The van der Waals surface area contributed by atoms with E-state index < -0.39 is 12.1 Å². The van der Waals surface area contributed by atoms with Gasteiger partial charge in [0.15, 0.2) is 6.10 Å². The molecule has 1 amide bonds. The van der Waals surface area contributed by atoms with Crippen molar-refractivity contribution in [1.29, 1.82) is 0 Å². The van der Waals surface area contributed by atoms with Crippen molar-refractivity contribution in [1.82, 2.24) is 9.88 Å². The maximum Gasteiger partial charge on any atom is 0.357 e. The van der Waals surface area contributed by atoms with Crippen molar-refractivity contribution in [3.8, 4) is 0 Å².